The molecule has 18 heavy (non-hydrogen) atoms. The van der Waals surface area contributed by atoms with Gasteiger partial charge < -0.3 is 10.5 Å². The lowest BCUT2D eigenvalue weighted by molar-refractivity contribution is 0.414. The van der Waals surface area contributed by atoms with E-state index in [2.05, 4.69) is 22.3 Å². The first-order valence-electron chi connectivity index (χ1n) is 6.19. The molecule has 3 rings (SSSR count). The summed E-state index contributed by atoms with van der Waals surface area (Å²) in [6.07, 6.45) is 3.80. The van der Waals surface area contributed by atoms with Gasteiger partial charge in [0.2, 0.25) is 0 Å². The van der Waals surface area contributed by atoms with Crippen molar-refractivity contribution in [2.24, 2.45) is 5.73 Å². The van der Waals surface area contributed by atoms with Gasteiger partial charge >= 0.3 is 0 Å². The third kappa shape index (κ3) is 1.88. The van der Waals surface area contributed by atoms with Gasteiger partial charge in [0.05, 0.1) is 13.3 Å². The number of ether oxygens (including phenoxy) is 1. The molecule has 94 valence electrons. The minimum Gasteiger partial charge on any atom is -0.497 e. The van der Waals surface area contributed by atoms with E-state index in [4.69, 9.17) is 10.5 Å². The maximum absolute atomic E-state index is 6.19. The molecule has 1 aliphatic carbocycles. The molecule has 0 aliphatic heterocycles. The molecule has 1 heterocycles. The van der Waals surface area contributed by atoms with Crippen molar-refractivity contribution in [1.29, 1.82) is 0 Å². The highest BCUT2D eigenvalue weighted by atomic mass is 16.5. The average molecular weight is 243 g/mol. The number of methoxy groups -OCH3 is 1. The number of benzene rings is 1. The fourth-order valence-electron chi connectivity index (χ4n) is 2.70. The Morgan fingerprint density at radius 3 is 2.83 bits per heavy atom. The Bertz CT molecular complexity index is 532. The predicted molar refractivity (Wildman–Crippen MR) is 69.6 cm³/mol. The minimum absolute atomic E-state index is 0.0830. The average Bonchev–Trinajstić information content (AvgIpc) is 2.88. The van der Waals surface area contributed by atoms with E-state index >= 15 is 0 Å². The summed E-state index contributed by atoms with van der Waals surface area (Å²) in [6.45, 7) is 0. The number of fused-ring (bicyclic) bond motifs is 1. The highest BCUT2D eigenvalue weighted by Gasteiger charge is 2.26. The lowest BCUT2D eigenvalue weighted by Crippen LogP contribution is -2.22. The van der Waals surface area contributed by atoms with Crippen LogP contribution in [0.4, 0.5) is 0 Å². The van der Waals surface area contributed by atoms with Crippen molar-refractivity contribution >= 4 is 0 Å². The number of nitrogens with one attached hydrogen (secondary N) is 1. The molecular weight excluding hydrogens is 226 g/mol. The summed E-state index contributed by atoms with van der Waals surface area (Å²) in [4.78, 5) is 0. The smallest absolute Gasteiger partial charge is 0.118 e. The fraction of sp³-hybridized carbons (Fsp3) is 0.357. The maximum atomic E-state index is 6.19. The predicted octanol–water partition coefficient (Wildman–Crippen LogP) is 2.15. The van der Waals surface area contributed by atoms with E-state index in [1.165, 1.54) is 16.8 Å². The Balaban J connectivity index is 1.86. The summed E-state index contributed by atoms with van der Waals surface area (Å²) in [5, 5.41) is 7.14. The van der Waals surface area contributed by atoms with Crippen LogP contribution in [0, 0.1) is 0 Å². The van der Waals surface area contributed by atoms with Crippen LogP contribution in [0.5, 0.6) is 5.75 Å². The maximum Gasteiger partial charge on any atom is 0.118 e. The zero-order valence-corrected chi connectivity index (χ0v) is 10.4. The number of nitrogens with two attached hydrogens (primary N) is 1. The van der Waals surface area contributed by atoms with E-state index in [-0.39, 0.29) is 6.04 Å². The van der Waals surface area contributed by atoms with Crippen molar-refractivity contribution in [3.05, 3.63) is 47.3 Å². The van der Waals surface area contributed by atoms with Crippen LogP contribution in [0.2, 0.25) is 0 Å². The van der Waals surface area contributed by atoms with Gasteiger partial charge in [0.25, 0.3) is 0 Å². The number of hydrogen-bond acceptors (Lipinski definition) is 3. The number of nitrogens with zero attached hydrogens (tertiary/aromatic N) is 1. The molecular formula is C14H17N3O. The van der Waals surface area contributed by atoms with Gasteiger partial charge in [-0.15, -0.1) is 0 Å². The first-order chi connectivity index (χ1) is 8.78. The van der Waals surface area contributed by atoms with E-state index in [9.17, 15) is 0 Å². The van der Waals surface area contributed by atoms with Crippen LogP contribution < -0.4 is 10.5 Å². The largest absolute Gasteiger partial charge is 0.497 e. The van der Waals surface area contributed by atoms with Crippen molar-refractivity contribution in [3.63, 3.8) is 0 Å². The summed E-state index contributed by atoms with van der Waals surface area (Å²) in [5.41, 5.74) is 9.84. The molecule has 0 bridgehead atoms. The van der Waals surface area contributed by atoms with Gasteiger partial charge in [-0.05, 0) is 36.5 Å². The van der Waals surface area contributed by atoms with E-state index in [0.717, 1.165) is 18.6 Å². The first-order valence-corrected chi connectivity index (χ1v) is 6.19. The third-order valence-corrected chi connectivity index (χ3v) is 3.73. The van der Waals surface area contributed by atoms with E-state index < -0.39 is 0 Å². The monoisotopic (exact) mass is 243 g/mol. The molecule has 4 heteroatoms. The molecule has 1 aromatic carbocycles. The highest BCUT2D eigenvalue weighted by molar-refractivity contribution is 5.34. The number of hydrogen-bond donors (Lipinski definition) is 2. The zero-order valence-electron chi connectivity index (χ0n) is 10.4. The second kappa shape index (κ2) is 4.46. The van der Waals surface area contributed by atoms with Gasteiger partial charge in [-0.25, -0.2) is 0 Å². The van der Waals surface area contributed by atoms with Gasteiger partial charge in [-0.3, -0.25) is 5.10 Å². The van der Waals surface area contributed by atoms with Crippen LogP contribution >= 0.6 is 0 Å². The van der Waals surface area contributed by atoms with Gasteiger partial charge in [-0.2, -0.15) is 5.10 Å². The molecule has 0 radical (unpaired) electrons. The zero-order chi connectivity index (χ0) is 12.5. The molecule has 0 saturated heterocycles. The molecule has 1 aliphatic rings. The third-order valence-electron chi connectivity index (χ3n) is 3.73. The minimum atomic E-state index is 0.0830. The molecule has 2 atom stereocenters. The van der Waals surface area contributed by atoms with Crippen molar-refractivity contribution in [3.8, 4) is 5.75 Å². The second-order valence-corrected chi connectivity index (χ2v) is 4.82. The van der Waals surface area contributed by atoms with Crippen LogP contribution in [0.3, 0.4) is 0 Å². The summed E-state index contributed by atoms with van der Waals surface area (Å²) in [7, 11) is 1.68. The van der Waals surface area contributed by atoms with Crippen molar-refractivity contribution in [1.82, 2.24) is 10.2 Å². The molecule has 3 N–H and O–H groups in total. The van der Waals surface area contributed by atoms with Gasteiger partial charge in [0, 0.05) is 17.3 Å². The molecule has 0 spiro atoms. The molecule has 0 amide bonds. The quantitative estimate of drug-likeness (QED) is 0.849. The first kappa shape index (κ1) is 11.3. The lowest BCUT2D eigenvalue weighted by atomic mass is 9.81. The number of rotatable bonds is 2. The highest BCUT2D eigenvalue weighted by Crippen LogP contribution is 2.36. The van der Waals surface area contributed by atoms with Crippen LogP contribution in [-0.4, -0.2) is 17.3 Å². The Kier molecular flexibility index (Phi) is 2.80. The Morgan fingerprint density at radius 2 is 2.11 bits per heavy atom. The number of aromatic nitrogens is 2. The number of H-pyrrole nitrogens is 1. The van der Waals surface area contributed by atoms with Crippen LogP contribution in [0.25, 0.3) is 0 Å². The molecule has 2 aromatic rings. The summed E-state index contributed by atoms with van der Waals surface area (Å²) in [5.74, 6) is 1.35. The molecule has 0 fully saturated rings. The summed E-state index contributed by atoms with van der Waals surface area (Å²) >= 11 is 0. The van der Waals surface area contributed by atoms with E-state index in [1.54, 1.807) is 7.11 Å². The fourth-order valence-corrected chi connectivity index (χ4v) is 2.70. The molecule has 4 nitrogen and oxygen atoms in total. The van der Waals surface area contributed by atoms with E-state index in [1.807, 2.05) is 18.3 Å². The Morgan fingerprint density at radius 1 is 1.33 bits per heavy atom. The molecule has 1 aromatic heterocycles. The standard InChI is InChI=1S/C14H17N3O/c1-18-11-4-2-9(3-5-11)10-6-13(15)12-8-16-17-14(12)7-10/h2-5,8,10,13H,6-7,15H2,1H3,(H,16,17). The summed E-state index contributed by atoms with van der Waals surface area (Å²) < 4.78 is 5.18. The van der Waals surface area contributed by atoms with Crippen molar-refractivity contribution in [2.75, 3.05) is 7.11 Å². The topological polar surface area (TPSA) is 63.9 Å². The second-order valence-electron chi connectivity index (χ2n) is 4.82. The molecule has 2 unspecified atom stereocenters. The summed E-state index contributed by atoms with van der Waals surface area (Å²) in [6, 6.07) is 8.33. The number of aromatic amines is 1. The van der Waals surface area contributed by atoms with Crippen molar-refractivity contribution in [2.45, 2.75) is 24.8 Å². The molecule has 0 saturated carbocycles. The Hall–Kier alpha value is -1.81. The van der Waals surface area contributed by atoms with E-state index in [0.29, 0.717) is 5.92 Å². The Labute approximate surface area is 106 Å². The van der Waals surface area contributed by atoms with Crippen LogP contribution in [-0.2, 0) is 6.42 Å². The lowest BCUT2D eigenvalue weighted by Gasteiger charge is -2.26. The van der Waals surface area contributed by atoms with Gasteiger partial charge in [0.1, 0.15) is 5.75 Å². The van der Waals surface area contributed by atoms with Crippen LogP contribution in [0.15, 0.2) is 30.5 Å². The SMILES string of the molecule is COc1ccc(C2Cc3[nH]ncc3C(N)C2)cc1. The van der Waals surface area contributed by atoms with Gasteiger partial charge in [0.15, 0.2) is 0 Å². The van der Waals surface area contributed by atoms with Gasteiger partial charge in [-0.1, -0.05) is 12.1 Å². The van der Waals surface area contributed by atoms with Crippen LogP contribution in [0.1, 0.15) is 35.2 Å². The normalized spacial score (nSPS) is 22.6. The van der Waals surface area contributed by atoms with Crippen molar-refractivity contribution < 1.29 is 4.74 Å².